The van der Waals surface area contributed by atoms with Crippen LogP contribution in [-0.4, -0.2) is 41.3 Å². The number of nitrogens with zero attached hydrogens (tertiary/aromatic N) is 2. The standard InChI is InChI=1S/C25H23N3O4/c29-16-17-9-10-26-23(13-17)21-15-20(28-11-2-1-3-12-28)7-8-22(21)27-24(30)18-5-4-6-19(14-18)25(31)32/h4-10,13-16H,1-3,11-12H2,(H,27,30)(H,31,32). The first-order chi connectivity index (χ1) is 15.5. The number of benzene rings is 2. The molecule has 162 valence electrons. The Hall–Kier alpha value is -4.00. The van der Waals surface area contributed by atoms with E-state index in [2.05, 4.69) is 15.2 Å². The van der Waals surface area contributed by atoms with E-state index in [1.165, 1.54) is 24.6 Å². The van der Waals surface area contributed by atoms with E-state index in [1.54, 1.807) is 24.4 Å². The minimum Gasteiger partial charge on any atom is -0.478 e. The molecule has 4 rings (SSSR count). The van der Waals surface area contributed by atoms with Gasteiger partial charge in [0, 0.05) is 41.7 Å². The van der Waals surface area contributed by atoms with Gasteiger partial charge in [0.1, 0.15) is 6.29 Å². The minimum atomic E-state index is -1.10. The molecule has 0 spiro atoms. The first kappa shape index (κ1) is 21.2. The molecule has 0 bridgehead atoms. The Labute approximate surface area is 185 Å². The Balaban J connectivity index is 1.71. The molecule has 2 heterocycles. The Morgan fingerprint density at radius 1 is 0.969 bits per heavy atom. The molecule has 7 nitrogen and oxygen atoms in total. The summed E-state index contributed by atoms with van der Waals surface area (Å²) in [6.45, 7) is 1.93. The van der Waals surface area contributed by atoms with Gasteiger partial charge in [-0.2, -0.15) is 0 Å². The molecule has 1 amide bonds. The van der Waals surface area contributed by atoms with Gasteiger partial charge in [0.2, 0.25) is 0 Å². The number of anilines is 2. The number of amides is 1. The fraction of sp³-hybridized carbons (Fsp3) is 0.200. The van der Waals surface area contributed by atoms with Crippen LogP contribution in [0.1, 0.15) is 50.3 Å². The molecule has 1 aliphatic rings. The number of carbonyl (C=O) groups is 3. The summed E-state index contributed by atoms with van der Waals surface area (Å²) >= 11 is 0. The van der Waals surface area contributed by atoms with Crippen LogP contribution in [0.5, 0.6) is 0 Å². The van der Waals surface area contributed by atoms with Crippen LogP contribution in [0.4, 0.5) is 11.4 Å². The van der Waals surface area contributed by atoms with E-state index in [9.17, 15) is 19.5 Å². The molecule has 0 aliphatic carbocycles. The number of piperidine rings is 1. The van der Waals surface area contributed by atoms with Gasteiger partial charge in [0.05, 0.1) is 16.9 Å². The molecule has 0 unspecified atom stereocenters. The predicted molar refractivity (Wildman–Crippen MR) is 122 cm³/mol. The summed E-state index contributed by atoms with van der Waals surface area (Å²) in [4.78, 5) is 42.1. The van der Waals surface area contributed by atoms with Crippen molar-refractivity contribution in [2.45, 2.75) is 19.3 Å². The van der Waals surface area contributed by atoms with Crippen LogP contribution < -0.4 is 10.2 Å². The third-order valence-corrected chi connectivity index (χ3v) is 5.54. The normalized spacial score (nSPS) is 13.4. The second-order valence-electron chi connectivity index (χ2n) is 7.71. The molecule has 2 N–H and O–H groups in total. The first-order valence-electron chi connectivity index (χ1n) is 10.5. The van der Waals surface area contributed by atoms with Gasteiger partial charge in [0.15, 0.2) is 0 Å². The number of carbonyl (C=O) groups excluding carboxylic acids is 2. The van der Waals surface area contributed by atoms with Gasteiger partial charge < -0.3 is 15.3 Å². The molecule has 0 saturated carbocycles. The molecule has 1 saturated heterocycles. The number of carboxylic acid groups (broad SMARTS) is 1. The number of pyridine rings is 1. The fourth-order valence-electron chi connectivity index (χ4n) is 3.86. The number of hydrogen-bond donors (Lipinski definition) is 2. The average molecular weight is 429 g/mol. The maximum Gasteiger partial charge on any atom is 0.335 e. The summed E-state index contributed by atoms with van der Waals surface area (Å²) in [5, 5.41) is 12.1. The SMILES string of the molecule is O=Cc1ccnc(-c2cc(N3CCCCC3)ccc2NC(=O)c2cccc(C(=O)O)c2)c1. The zero-order valence-electron chi connectivity index (χ0n) is 17.5. The number of rotatable bonds is 6. The van der Waals surface area contributed by atoms with Crippen LogP contribution in [0.2, 0.25) is 0 Å². The lowest BCUT2D eigenvalue weighted by molar-refractivity contribution is 0.0696. The summed E-state index contributed by atoms with van der Waals surface area (Å²) in [7, 11) is 0. The molecule has 1 aliphatic heterocycles. The van der Waals surface area contributed by atoms with Crippen molar-refractivity contribution in [3.8, 4) is 11.3 Å². The van der Waals surface area contributed by atoms with E-state index in [0.717, 1.165) is 37.9 Å². The Bertz CT molecular complexity index is 1170. The van der Waals surface area contributed by atoms with E-state index in [-0.39, 0.29) is 11.1 Å². The molecule has 32 heavy (non-hydrogen) atoms. The lowest BCUT2D eigenvalue weighted by Gasteiger charge is -2.29. The van der Waals surface area contributed by atoms with Crippen molar-refractivity contribution in [1.29, 1.82) is 0 Å². The number of aromatic nitrogens is 1. The number of hydrogen-bond acceptors (Lipinski definition) is 5. The van der Waals surface area contributed by atoms with Gasteiger partial charge in [-0.3, -0.25) is 14.6 Å². The van der Waals surface area contributed by atoms with Gasteiger partial charge in [-0.05, 0) is 67.8 Å². The maximum atomic E-state index is 12.9. The highest BCUT2D eigenvalue weighted by molar-refractivity contribution is 6.07. The largest absolute Gasteiger partial charge is 0.478 e. The lowest BCUT2D eigenvalue weighted by Crippen LogP contribution is -2.29. The van der Waals surface area contributed by atoms with Crippen molar-refractivity contribution in [1.82, 2.24) is 4.98 Å². The van der Waals surface area contributed by atoms with Crippen LogP contribution in [0, 0.1) is 0 Å². The predicted octanol–water partition coefficient (Wildman–Crippen LogP) is 4.50. The van der Waals surface area contributed by atoms with Crippen molar-refractivity contribution in [2.24, 2.45) is 0 Å². The van der Waals surface area contributed by atoms with E-state index >= 15 is 0 Å². The molecule has 1 aromatic heterocycles. The van der Waals surface area contributed by atoms with Gasteiger partial charge in [0.25, 0.3) is 5.91 Å². The van der Waals surface area contributed by atoms with Gasteiger partial charge >= 0.3 is 5.97 Å². The van der Waals surface area contributed by atoms with Crippen LogP contribution in [0.3, 0.4) is 0 Å². The molecule has 1 fully saturated rings. The Kier molecular flexibility index (Phi) is 6.26. The third kappa shape index (κ3) is 4.67. The van der Waals surface area contributed by atoms with Crippen molar-refractivity contribution < 1.29 is 19.5 Å². The monoisotopic (exact) mass is 429 g/mol. The third-order valence-electron chi connectivity index (χ3n) is 5.54. The van der Waals surface area contributed by atoms with Crippen molar-refractivity contribution in [3.05, 3.63) is 77.5 Å². The zero-order chi connectivity index (χ0) is 22.5. The van der Waals surface area contributed by atoms with Crippen LogP contribution in [0.25, 0.3) is 11.3 Å². The highest BCUT2D eigenvalue weighted by atomic mass is 16.4. The smallest absolute Gasteiger partial charge is 0.335 e. The summed E-state index contributed by atoms with van der Waals surface area (Å²) in [5.74, 6) is -1.52. The van der Waals surface area contributed by atoms with E-state index in [4.69, 9.17) is 0 Å². The molecule has 2 aromatic carbocycles. The van der Waals surface area contributed by atoms with Gasteiger partial charge in [-0.25, -0.2) is 4.79 Å². The summed E-state index contributed by atoms with van der Waals surface area (Å²) in [6.07, 6.45) is 5.80. The zero-order valence-corrected chi connectivity index (χ0v) is 17.5. The minimum absolute atomic E-state index is 0.0404. The first-order valence-corrected chi connectivity index (χ1v) is 10.5. The fourth-order valence-corrected chi connectivity index (χ4v) is 3.86. The molecule has 0 radical (unpaired) electrons. The van der Waals surface area contributed by atoms with Crippen LogP contribution in [0.15, 0.2) is 60.8 Å². The molecular weight excluding hydrogens is 406 g/mol. The summed E-state index contributed by atoms with van der Waals surface area (Å²) in [5.41, 5.74) is 3.60. The van der Waals surface area contributed by atoms with Crippen molar-refractivity contribution >= 4 is 29.5 Å². The van der Waals surface area contributed by atoms with Crippen molar-refractivity contribution in [3.63, 3.8) is 0 Å². The van der Waals surface area contributed by atoms with E-state index < -0.39 is 11.9 Å². The van der Waals surface area contributed by atoms with Gasteiger partial charge in [-0.15, -0.1) is 0 Å². The van der Waals surface area contributed by atoms with Crippen LogP contribution in [-0.2, 0) is 0 Å². The summed E-state index contributed by atoms with van der Waals surface area (Å²) in [6, 6.07) is 14.9. The number of carboxylic acids is 1. The molecule has 3 aromatic rings. The second-order valence-corrected chi connectivity index (χ2v) is 7.71. The number of nitrogens with one attached hydrogen (secondary N) is 1. The topological polar surface area (TPSA) is 99.6 Å². The Morgan fingerprint density at radius 2 is 1.75 bits per heavy atom. The molecule has 7 heteroatoms. The summed E-state index contributed by atoms with van der Waals surface area (Å²) < 4.78 is 0. The number of aromatic carboxylic acids is 1. The maximum absolute atomic E-state index is 12.9. The Morgan fingerprint density at radius 3 is 2.50 bits per heavy atom. The molecule has 0 atom stereocenters. The number of aldehydes is 1. The molecular formula is C25H23N3O4. The van der Waals surface area contributed by atoms with Gasteiger partial charge in [-0.1, -0.05) is 6.07 Å². The lowest BCUT2D eigenvalue weighted by atomic mass is 10.0. The van der Waals surface area contributed by atoms with Crippen LogP contribution >= 0.6 is 0 Å². The van der Waals surface area contributed by atoms with E-state index in [0.29, 0.717) is 22.5 Å². The highest BCUT2D eigenvalue weighted by Gasteiger charge is 2.17. The highest BCUT2D eigenvalue weighted by Crippen LogP contribution is 2.33. The average Bonchev–Trinajstić information content (AvgIpc) is 2.85. The van der Waals surface area contributed by atoms with E-state index in [1.807, 2.05) is 18.2 Å². The quantitative estimate of drug-likeness (QED) is 0.560. The van der Waals surface area contributed by atoms with Crippen molar-refractivity contribution in [2.75, 3.05) is 23.3 Å². The second kappa shape index (κ2) is 9.43.